The van der Waals surface area contributed by atoms with Crippen LogP contribution in [0.1, 0.15) is 19.8 Å². The first-order valence-corrected chi connectivity index (χ1v) is 6.78. The van der Waals surface area contributed by atoms with Gasteiger partial charge in [-0.15, -0.1) is 0 Å². The first kappa shape index (κ1) is 13.5. The van der Waals surface area contributed by atoms with Gasteiger partial charge in [0, 0.05) is 38.4 Å². The monoisotopic (exact) mass is 257 g/mol. The molecule has 2 aliphatic rings. The van der Waals surface area contributed by atoms with Crippen LogP contribution >= 0.6 is 0 Å². The highest BCUT2D eigenvalue weighted by atomic mass is 15.4. The molecule has 3 heteroatoms. The Morgan fingerprint density at radius 2 is 2.21 bits per heavy atom. The van der Waals surface area contributed by atoms with Gasteiger partial charge in [-0.25, -0.2) is 0 Å². The van der Waals surface area contributed by atoms with Gasteiger partial charge in [0.05, 0.1) is 0 Å². The maximum atomic E-state index is 3.11. The molecule has 102 valence electrons. The molecule has 2 rings (SSSR count). The topological polar surface area (TPSA) is 18.5 Å². The Bertz CT molecular complexity index is 455. The van der Waals surface area contributed by atoms with Crippen LogP contribution in [0.25, 0.3) is 0 Å². The zero-order valence-electron chi connectivity index (χ0n) is 12.0. The lowest BCUT2D eigenvalue weighted by atomic mass is 10.0. The smallest absolute Gasteiger partial charge is 0.127 e. The molecular weight excluding hydrogens is 234 g/mol. The number of nitrogens with one attached hydrogen (secondary N) is 1. The Morgan fingerprint density at radius 3 is 3.00 bits per heavy atom. The van der Waals surface area contributed by atoms with Crippen molar-refractivity contribution in [2.24, 2.45) is 0 Å². The third-order valence-electron chi connectivity index (χ3n) is 3.52. The maximum Gasteiger partial charge on any atom is 0.127 e. The largest absolute Gasteiger partial charge is 0.392 e. The zero-order chi connectivity index (χ0) is 13.7. The molecule has 0 bridgehead atoms. The van der Waals surface area contributed by atoms with Gasteiger partial charge in [-0.1, -0.05) is 18.2 Å². The van der Waals surface area contributed by atoms with Crippen LogP contribution in [0.4, 0.5) is 0 Å². The fourth-order valence-electron chi connectivity index (χ4n) is 2.35. The Hall–Kier alpha value is -1.90. The molecule has 0 spiro atoms. The number of fused-ring (bicyclic) bond motifs is 1. The van der Waals surface area contributed by atoms with Crippen LogP contribution in [0.15, 0.2) is 60.3 Å². The van der Waals surface area contributed by atoms with Gasteiger partial charge in [0.1, 0.15) is 6.17 Å². The van der Waals surface area contributed by atoms with Crippen molar-refractivity contribution in [2.75, 3.05) is 14.1 Å². The van der Waals surface area contributed by atoms with E-state index in [1.807, 2.05) is 7.05 Å². The maximum absolute atomic E-state index is 3.11. The van der Waals surface area contributed by atoms with E-state index < -0.39 is 0 Å². The second-order valence-electron chi connectivity index (χ2n) is 4.93. The second-order valence-corrected chi connectivity index (χ2v) is 4.93. The lowest BCUT2D eigenvalue weighted by Crippen LogP contribution is -2.36. The predicted molar refractivity (Wildman–Crippen MR) is 80.9 cm³/mol. The average Bonchev–Trinajstić information content (AvgIpc) is 2.81. The molecule has 0 aromatic rings. The van der Waals surface area contributed by atoms with E-state index in [0.717, 1.165) is 12.8 Å². The highest BCUT2D eigenvalue weighted by Crippen LogP contribution is 2.27. The number of hydrogen-bond donors (Lipinski definition) is 1. The molecule has 0 radical (unpaired) electrons. The van der Waals surface area contributed by atoms with Crippen molar-refractivity contribution in [3.63, 3.8) is 0 Å². The summed E-state index contributed by atoms with van der Waals surface area (Å²) in [5.74, 6) is 0. The molecule has 0 amide bonds. The van der Waals surface area contributed by atoms with Crippen molar-refractivity contribution >= 4 is 0 Å². The molecule has 0 aromatic heterocycles. The quantitative estimate of drug-likeness (QED) is 0.764. The lowest BCUT2D eigenvalue weighted by molar-refractivity contribution is 0.256. The Labute approximate surface area is 116 Å². The number of likely N-dealkylation sites (N-methyl/N-ethyl adjacent to an activating group) is 1. The summed E-state index contributed by atoms with van der Waals surface area (Å²) in [6, 6.07) is 0. The molecule has 1 unspecified atom stereocenters. The molecule has 1 atom stereocenters. The minimum absolute atomic E-state index is 0.382. The average molecular weight is 257 g/mol. The molecule has 2 aliphatic heterocycles. The summed E-state index contributed by atoms with van der Waals surface area (Å²) in [6.45, 7) is 2.07. The highest BCUT2D eigenvalue weighted by Gasteiger charge is 2.26. The highest BCUT2D eigenvalue weighted by molar-refractivity contribution is 5.27. The predicted octanol–water partition coefficient (Wildman–Crippen LogP) is 2.94. The standard InChI is InChI=1S/C16H23N3/c1-14(17-2)8-5-4-6-9-15-10-7-11-19-13-12-18(3)16(15)19/h4-5,7-8,10-13,16-17H,6,9H2,1-3H3/b5-4+,14-8-. The molecule has 19 heavy (non-hydrogen) atoms. The first-order valence-electron chi connectivity index (χ1n) is 6.78. The molecule has 3 nitrogen and oxygen atoms in total. The van der Waals surface area contributed by atoms with Crippen LogP contribution in [0, 0.1) is 0 Å². The lowest BCUT2D eigenvalue weighted by Gasteiger charge is -2.32. The zero-order valence-corrected chi connectivity index (χ0v) is 12.0. The molecular formula is C16H23N3. The number of hydrogen-bond acceptors (Lipinski definition) is 3. The van der Waals surface area contributed by atoms with Crippen LogP contribution in [0.5, 0.6) is 0 Å². The summed E-state index contributed by atoms with van der Waals surface area (Å²) in [5.41, 5.74) is 2.65. The van der Waals surface area contributed by atoms with Crippen molar-refractivity contribution < 1.29 is 0 Å². The van der Waals surface area contributed by atoms with Crippen LogP contribution in [-0.2, 0) is 0 Å². The third-order valence-corrected chi connectivity index (χ3v) is 3.52. The first-order chi connectivity index (χ1) is 9.22. The van der Waals surface area contributed by atoms with Crippen molar-refractivity contribution in [1.82, 2.24) is 15.1 Å². The minimum Gasteiger partial charge on any atom is -0.392 e. The van der Waals surface area contributed by atoms with Gasteiger partial charge in [-0.05, 0) is 37.5 Å². The van der Waals surface area contributed by atoms with Crippen LogP contribution < -0.4 is 5.32 Å². The van der Waals surface area contributed by atoms with E-state index in [2.05, 4.69) is 78.1 Å². The van der Waals surface area contributed by atoms with Gasteiger partial charge in [0.25, 0.3) is 0 Å². The van der Waals surface area contributed by atoms with Crippen molar-refractivity contribution in [1.29, 1.82) is 0 Å². The Kier molecular flexibility index (Phi) is 4.50. The van der Waals surface area contributed by atoms with Gasteiger partial charge in [-0.3, -0.25) is 0 Å². The SMILES string of the molecule is CN/C(C)=C\C=C\CCC1=CC=CN2C=CN(C)C12. The number of rotatable bonds is 5. The van der Waals surface area contributed by atoms with E-state index in [1.54, 1.807) is 0 Å². The van der Waals surface area contributed by atoms with Crippen molar-refractivity contribution in [3.8, 4) is 0 Å². The molecule has 0 fully saturated rings. The van der Waals surface area contributed by atoms with E-state index in [4.69, 9.17) is 0 Å². The fraction of sp³-hybridized carbons (Fsp3) is 0.375. The van der Waals surface area contributed by atoms with Crippen LogP contribution in [0.2, 0.25) is 0 Å². The van der Waals surface area contributed by atoms with Gasteiger partial charge in [-0.2, -0.15) is 0 Å². The molecule has 1 N–H and O–H groups in total. The summed E-state index contributed by atoms with van der Waals surface area (Å²) in [6.07, 6.45) is 19.8. The van der Waals surface area contributed by atoms with Crippen LogP contribution in [-0.4, -0.2) is 30.1 Å². The van der Waals surface area contributed by atoms with E-state index >= 15 is 0 Å². The summed E-state index contributed by atoms with van der Waals surface area (Å²) in [5, 5.41) is 3.11. The van der Waals surface area contributed by atoms with Crippen molar-refractivity contribution in [3.05, 3.63) is 60.3 Å². The van der Waals surface area contributed by atoms with Gasteiger partial charge in [0.15, 0.2) is 0 Å². The summed E-state index contributed by atoms with van der Waals surface area (Å²) in [7, 11) is 4.07. The van der Waals surface area contributed by atoms with Gasteiger partial charge in [0.2, 0.25) is 0 Å². The summed E-state index contributed by atoms with van der Waals surface area (Å²) >= 11 is 0. The van der Waals surface area contributed by atoms with Gasteiger partial charge < -0.3 is 15.1 Å². The molecule has 0 saturated heterocycles. The summed E-state index contributed by atoms with van der Waals surface area (Å²) < 4.78 is 0. The molecule has 0 aromatic carbocycles. The molecule has 2 heterocycles. The Morgan fingerprint density at radius 1 is 1.37 bits per heavy atom. The summed E-state index contributed by atoms with van der Waals surface area (Å²) in [4.78, 5) is 4.51. The van der Waals surface area contributed by atoms with E-state index in [1.165, 1.54) is 11.3 Å². The second kappa shape index (κ2) is 6.32. The number of nitrogens with zero attached hydrogens (tertiary/aromatic N) is 2. The van der Waals surface area contributed by atoms with Crippen LogP contribution in [0.3, 0.4) is 0 Å². The van der Waals surface area contributed by atoms with E-state index in [0.29, 0.717) is 6.17 Å². The fourth-order valence-corrected chi connectivity index (χ4v) is 2.35. The third kappa shape index (κ3) is 3.31. The van der Waals surface area contributed by atoms with Gasteiger partial charge >= 0.3 is 0 Å². The minimum atomic E-state index is 0.382. The molecule has 0 saturated carbocycles. The number of allylic oxidation sites excluding steroid dienone is 6. The van der Waals surface area contributed by atoms with E-state index in [-0.39, 0.29) is 0 Å². The Balaban J connectivity index is 1.86. The van der Waals surface area contributed by atoms with Crippen molar-refractivity contribution in [2.45, 2.75) is 25.9 Å². The van der Waals surface area contributed by atoms with E-state index in [9.17, 15) is 0 Å². The molecule has 0 aliphatic carbocycles. The normalized spacial score (nSPS) is 22.2.